The molecule has 0 saturated heterocycles. The summed E-state index contributed by atoms with van der Waals surface area (Å²) >= 11 is 0.844. The zero-order valence-corrected chi connectivity index (χ0v) is 11.2. The van der Waals surface area contributed by atoms with Gasteiger partial charge in [0.2, 0.25) is 0 Å². The SMILES string of the molecule is CC(C)n1nccc1NC(=O)c1ccc([N+](=O)[O-])s1. The molecule has 19 heavy (non-hydrogen) atoms. The van der Waals surface area contributed by atoms with E-state index >= 15 is 0 Å². The number of hydrogen-bond donors (Lipinski definition) is 1. The molecule has 0 unspecified atom stereocenters. The zero-order valence-electron chi connectivity index (χ0n) is 10.4. The van der Waals surface area contributed by atoms with E-state index in [1.54, 1.807) is 16.9 Å². The lowest BCUT2D eigenvalue weighted by molar-refractivity contribution is -0.380. The molecule has 100 valence electrons. The van der Waals surface area contributed by atoms with Crippen LogP contribution in [0, 0.1) is 10.1 Å². The summed E-state index contributed by atoms with van der Waals surface area (Å²) in [6, 6.07) is 4.55. The summed E-state index contributed by atoms with van der Waals surface area (Å²) in [4.78, 5) is 22.3. The van der Waals surface area contributed by atoms with Crippen LogP contribution in [-0.4, -0.2) is 20.6 Å². The van der Waals surface area contributed by atoms with Crippen molar-refractivity contribution in [3.8, 4) is 0 Å². The number of nitro groups is 1. The molecule has 2 heterocycles. The van der Waals surface area contributed by atoms with Gasteiger partial charge >= 0.3 is 5.00 Å². The third kappa shape index (κ3) is 2.79. The van der Waals surface area contributed by atoms with Crippen molar-refractivity contribution in [1.82, 2.24) is 9.78 Å². The molecule has 2 aromatic rings. The predicted molar refractivity (Wildman–Crippen MR) is 71.5 cm³/mol. The minimum absolute atomic E-state index is 0.0532. The summed E-state index contributed by atoms with van der Waals surface area (Å²) < 4.78 is 1.67. The number of amides is 1. The largest absolute Gasteiger partial charge is 0.324 e. The predicted octanol–water partition coefficient (Wildman–Crippen LogP) is 2.69. The molecule has 0 atom stereocenters. The Morgan fingerprint density at radius 2 is 2.21 bits per heavy atom. The van der Waals surface area contributed by atoms with Crippen LogP contribution in [0.25, 0.3) is 0 Å². The molecule has 0 saturated carbocycles. The molecule has 0 spiro atoms. The van der Waals surface area contributed by atoms with Crippen LogP contribution in [0.1, 0.15) is 29.6 Å². The van der Waals surface area contributed by atoms with Crippen LogP contribution in [0.4, 0.5) is 10.8 Å². The molecule has 0 aliphatic heterocycles. The summed E-state index contributed by atoms with van der Waals surface area (Å²) in [7, 11) is 0. The molecule has 2 rings (SSSR count). The molecule has 0 bridgehead atoms. The second-order valence-electron chi connectivity index (χ2n) is 4.10. The second kappa shape index (κ2) is 5.19. The van der Waals surface area contributed by atoms with Crippen LogP contribution >= 0.6 is 11.3 Å². The quantitative estimate of drug-likeness (QED) is 0.688. The Bertz CT molecular complexity index is 617. The van der Waals surface area contributed by atoms with Gasteiger partial charge in [0.05, 0.1) is 16.0 Å². The molecule has 0 aliphatic carbocycles. The van der Waals surface area contributed by atoms with Crippen molar-refractivity contribution in [3.05, 3.63) is 39.4 Å². The average molecular weight is 280 g/mol. The zero-order chi connectivity index (χ0) is 14.0. The Kier molecular flexibility index (Phi) is 3.61. The Balaban J connectivity index is 2.16. The lowest BCUT2D eigenvalue weighted by Crippen LogP contribution is -2.15. The first-order valence-corrected chi connectivity index (χ1v) is 6.40. The van der Waals surface area contributed by atoms with Crippen LogP contribution in [-0.2, 0) is 0 Å². The molecular weight excluding hydrogens is 268 g/mol. The van der Waals surface area contributed by atoms with Gasteiger partial charge in [-0.3, -0.25) is 14.9 Å². The molecule has 2 aromatic heterocycles. The van der Waals surface area contributed by atoms with E-state index in [0.29, 0.717) is 10.7 Å². The minimum atomic E-state index is -0.514. The van der Waals surface area contributed by atoms with E-state index in [1.165, 1.54) is 12.1 Å². The van der Waals surface area contributed by atoms with E-state index in [1.807, 2.05) is 13.8 Å². The van der Waals surface area contributed by atoms with Gasteiger partial charge < -0.3 is 5.32 Å². The van der Waals surface area contributed by atoms with Crippen molar-refractivity contribution < 1.29 is 9.72 Å². The molecule has 1 amide bonds. The number of thiophene rings is 1. The Morgan fingerprint density at radius 1 is 1.47 bits per heavy atom. The van der Waals surface area contributed by atoms with Crippen molar-refractivity contribution >= 4 is 28.1 Å². The number of aromatic nitrogens is 2. The van der Waals surface area contributed by atoms with Crippen molar-refractivity contribution in [2.75, 3.05) is 5.32 Å². The van der Waals surface area contributed by atoms with E-state index < -0.39 is 4.92 Å². The fraction of sp³-hybridized carbons (Fsp3) is 0.273. The minimum Gasteiger partial charge on any atom is -0.306 e. The number of carbonyl (C=O) groups excluding carboxylic acids is 1. The van der Waals surface area contributed by atoms with Crippen LogP contribution in [0.15, 0.2) is 24.4 Å². The van der Waals surface area contributed by atoms with Gasteiger partial charge in [0.15, 0.2) is 0 Å². The fourth-order valence-electron chi connectivity index (χ4n) is 1.55. The monoisotopic (exact) mass is 280 g/mol. The fourth-order valence-corrected chi connectivity index (χ4v) is 2.27. The second-order valence-corrected chi connectivity index (χ2v) is 5.17. The average Bonchev–Trinajstić information content (AvgIpc) is 2.96. The van der Waals surface area contributed by atoms with Gasteiger partial charge in [0.25, 0.3) is 5.91 Å². The van der Waals surface area contributed by atoms with E-state index in [9.17, 15) is 14.9 Å². The third-order valence-corrected chi connectivity index (χ3v) is 3.43. The van der Waals surface area contributed by atoms with Gasteiger partial charge in [-0.15, -0.1) is 0 Å². The first kappa shape index (κ1) is 13.2. The summed E-state index contributed by atoms with van der Waals surface area (Å²) in [5, 5.41) is 17.3. The van der Waals surface area contributed by atoms with Crippen LogP contribution in [0.3, 0.4) is 0 Å². The van der Waals surface area contributed by atoms with Crippen molar-refractivity contribution in [3.63, 3.8) is 0 Å². The maximum atomic E-state index is 12.0. The summed E-state index contributed by atoms with van der Waals surface area (Å²) in [6.45, 7) is 3.89. The van der Waals surface area contributed by atoms with Gasteiger partial charge in [-0.2, -0.15) is 5.10 Å². The number of nitrogens with one attached hydrogen (secondary N) is 1. The van der Waals surface area contributed by atoms with E-state index in [-0.39, 0.29) is 17.0 Å². The number of nitrogens with zero attached hydrogens (tertiary/aromatic N) is 3. The number of anilines is 1. The summed E-state index contributed by atoms with van der Waals surface area (Å²) in [5.41, 5.74) is 0. The van der Waals surface area contributed by atoms with E-state index in [4.69, 9.17) is 0 Å². The van der Waals surface area contributed by atoms with Crippen molar-refractivity contribution in [2.45, 2.75) is 19.9 Å². The van der Waals surface area contributed by atoms with Crippen LogP contribution in [0.5, 0.6) is 0 Å². The third-order valence-electron chi connectivity index (χ3n) is 2.40. The van der Waals surface area contributed by atoms with Gasteiger partial charge in [-0.05, 0) is 19.9 Å². The molecule has 7 nitrogen and oxygen atoms in total. The van der Waals surface area contributed by atoms with Gasteiger partial charge in [-0.25, -0.2) is 4.68 Å². The number of rotatable bonds is 4. The highest BCUT2D eigenvalue weighted by atomic mass is 32.1. The molecule has 0 radical (unpaired) electrons. The Morgan fingerprint density at radius 3 is 2.79 bits per heavy atom. The maximum absolute atomic E-state index is 12.0. The molecule has 0 aliphatic rings. The standard InChI is InChI=1S/C11H12N4O3S/c1-7(2)14-9(5-6-12-14)13-11(16)8-3-4-10(19-8)15(17)18/h3-7H,1-2H3,(H,13,16). The van der Waals surface area contributed by atoms with E-state index in [0.717, 1.165) is 11.3 Å². The van der Waals surface area contributed by atoms with E-state index in [2.05, 4.69) is 10.4 Å². The molecular formula is C11H12N4O3S. The highest BCUT2D eigenvalue weighted by molar-refractivity contribution is 7.17. The molecule has 0 fully saturated rings. The highest BCUT2D eigenvalue weighted by Crippen LogP contribution is 2.25. The number of carbonyl (C=O) groups is 1. The van der Waals surface area contributed by atoms with Crippen LogP contribution < -0.4 is 5.32 Å². The normalized spacial score (nSPS) is 10.7. The van der Waals surface area contributed by atoms with Crippen molar-refractivity contribution in [2.24, 2.45) is 0 Å². The summed E-state index contributed by atoms with van der Waals surface area (Å²) in [6.07, 6.45) is 1.59. The van der Waals surface area contributed by atoms with Gasteiger partial charge in [0, 0.05) is 18.2 Å². The molecule has 8 heteroatoms. The first-order chi connectivity index (χ1) is 8.99. The lowest BCUT2D eigenvalue weighted by atomic mass is 10.4. The maximum Gasteiger partial charge on any atom is 0.324 e. The Hall–Kier alpha value is -2.22. The smallest absolute Gasteiger partial charge is 0.306 e. The van der Waals surface area contributed by atoms with Gasteiger partial charge in [0.1, 0.15) is 5.82 Å². The van der Waals surface area contributed by atoms with Crippen molar-refractivity contribution in [1.29, 1.82) is 0 Å². The first-order valence-electron chi connectivity index (χ1n) is 5.58. The topological polar surface area (TPSA) is 90.1 Å². The number of hydrogen-bond acceptors (Lipinski definition) is 5. The molecule has 0 aromatic carbocycles. The highest BCUT2D eigenvalue weighted by Gasteiger charge is 2.17. The summed E-state index contributed by atoms with van der Waals surface area (Å²) in [5.74, 6) is 0.191. The van der Waals surface area contributed by atoms with Crippen LogP contribution in [0.2, 0.25) is 0 Å². The van der Waals surface area contributed by atoms with Gasteiger partial charge in [-0.1, -0.05) is 11.3 Å². The Labute approximate surface area is 113 Å². The molecule has 1 N–H and O–H groups in total. The lowest BCUT2D eigenvalue weighted by Gasteiger charge is -2.10.